The van der Waals surface area contributed by atoms with Gasteiger partial charge in [-0.25, -0.2) is 9.18 Å². The Hall–Kier alpha value is -3.26. The minimum absolute atomic E-state index is 0.0170. The zero-order valence-corrected chi connectivity index (χ0v) is 15.6. The number of halogens is 2. The number of rotatable bonds is 7. The van der Waals surface area contributed by atoms with Gasteiger partial charge in [-0.1, -0.05) is 29.8 Å². The van der Waals surface area contributed by atoms with E-state index in [1.54, 1.807) is 6.07 Å². The Morgan fingerprint density at radius 1 is 1.29 bits per heavy atom. The van der Waals surface area contributed by atoms with Crippen molar-refractivity contribution in [2.75, 3.05) is 13.7 Å². The lowest BCUT2D eigenvalue weighted by Gasteiger charge is -2.17. The van der Waals surface area contributed by atoms with Crippen LogP contribution in [0.2, 0.25) is 5.02 Å². The lowest BCUT2D eigenvalue weighted by atomic mass is 10.2. The highest BCUT2D eigenvalue weighted by Gasteiger charge is 2.13. The number of nitro benzene ring substituents is 1. The molecule has 0 aliphatic heterocycles. The summed E-state index contributed by atoms with van der Waals surface area (Å²) < 4.78 is 18.0. The molecule has 0 fully saturated rings. The Bertz CT molecular complexity index is 932. The maximum Gasteiger partial charge on any atom is 0.331 e. The molecule has 146 valence electrons. The molecule has 0 aliphatic carbocycles. The summed E-state index contributed by atoms with van der Waals surface area (Å²) in [6, 6.07) is 9.87. The lowest BCUT2D eigenvalue weighted by molar-refractivity contribution is -0.384. The lowest BCUT2D eigenvalue weighted by Crippen LogP contribution is -2.30. The Morgan fingerprint density at radius 2 is 2.04 bits per heavy atom. The van der Waals surface area contributed by atoms with E-state index in [1.807, 2.05) is 0 Å². The monoisotopic (exact) mass is 406 g/mol. The van der Waals surface area contributed by atoms with Crippen molar-refractivity contribution in [1.82, 2.24) is 4.90 Å². The van der Waals surface area contributed by atoms with Gasteiger partial charge in [-0.3, -0.25) is 14.9 Å². The largest absolute Gasteiger partial charge is 0.452 e. The van der Waals surface area contributed by atoms with Gasteiger partial charge in [0.15, 0.2) is 6.61 Å². The maximum atomic E-state index is 13.2. The van der Waals surface area contributed by atoms with Crippen molar-refractivity contribution in [2.45, 2.75) is 6.54 Å². The van der Waals surface area contributed by atoms with Crippen LogP contribution >= 0.6 is 11.6 Å². The van der Waals surface area contributed by atoms with Gasteiger partial charge in [0.25, 0.3) is 11.6 Å². The second-order valence-electron chi connectivity index (χ2n) is 5.79. The molecule has 0 aliphatic rings. The minimum Gasteiger partial charge on any atom is -0.452 e. The summed E-state index contributed by atoms with van der Waals surface area (Å²) in [4.78, 5) is 35.3. The fourth-order valence-corrected chi connectivity index (χ4v) is 2.41. The first kappa shape index (κ1) is 21.0. The average Bonchev–Trinajstić information content (AvgIpc) is 2.65. The molecule has 7 nitrogen and oxygen atoms in total. The molecule has 0 saturated carbocycles. The van der Waals surface area contributed by atoms with Crippen LogP contribution in [0.4, 0.5) is 10.1 Å². The minimum atomic E-state index is -0.787. The number of likely N-dealkylation sites (N-methyl/N-ethyl adjacent to an activating group) is 1. The van der Waals surface area contributed by atoms with Crippen LogP contribution < -0.4 is 0 Å². The fraction of sp³-hybridized carbons (Fsp3) is 0.158. The van der Waals surface area contributed by atoms with Gasteiger partial charge < -0.3 is 9.64 Å². The molecular formula is C19H16ClFN2O5. The average molecular weight is 407 g/mol. The molecule has 9 heteroatoms. The molecule has 0 heterocycles. The van der Waals surface area contributed by atoms with Gasteiger partial charge in [-0.15, -0.1) is 0 Å². The first-order valence-electron chi connectivity index (χ1n) is 8.03. The summed E-state index contributed by atoms with van der Waals surface area (Å²) in [5.41, 5.74) is 0.695. The van der Waals surface area contributed by atoms with Crippen molar-refractivity contribution in [3.8, 4) is 0 Å². The van der Waals surface area contributed by atoms with E-state index in [0.717, 1.165) is 6.08 Å². The SMILES string of the molecule is CN(Cc1cccc(F)c1)C(=O)COC(=O)/C=C/c1ccc(Cl)c([N+](=O)[O-])c1. The molecule has 0 bridgehead atoms. The molecule has 2 aromatic carbocycles. The standard InChI is InChI=1S/C19H16ClFN2O5/c1-22(11-14-3-2-4-15(21)9-14)18(24)12-28-19(25)8-6-13-5-7-16(20)17(10-13)23(26)27/h2-10H,11-12H2,1H3/b8-6+. The third kappa shape index (κ3) is 6.17. The number of amides is 1. The van der Waals surface area contributed by atoms with Gasteiger partial charge in [0.2, 0.25) is 0 Å². The van der Waals surface area contributed by atoms with Crippen LogP contribution in [0.5, 0.6) is 0 Å². The Balaban J connectivity index is 1.87. The highest BCUT2D eigenvalue weighted by atomic mass is 35.5. The topological polar surface area (TPSA) is 89.8 Å². The zero-order valence-electron chi connectivity index (χ0n) is 14.8. The first-order valence-corrected chi connectivity index (χ1v) is 8.41. The third-order valence-corrected chi connectivity index (χ3v) is 3.97. The molecule has 28 heavy (non-hydrogen) atoms. The van der Waals surface area contributed by atoms with Crippen molar-refractivity contribution in [2.24, 2.45) is 0 Å². The molecule has 0 radical (unpaired) electrons. The van der Waals surface area contributed by atoms with E-state index in [4.69, 9.17) is 16.3 Å². The highest BCUT2D eigenvalue weighted by molar-refractivity contribution is 6.32. The van der Waals surface area contributed by atoms with Crippen molar-refractivity contribution in [3.63, 3.8) is 0 Å². The molecule has 2 rings (SSSR count). The second kappa shape index (κ2) is 9.61. The van der Waals surface area contributed by atoms with Crippen molar-refractivity contribution < 1.29 is 23.6 Å². The Labute approximate surface area is 165 Å². The van der Waals surface area contributed by atoms with E-state index in [9.17, 15) is 24.1 Å². The molecule has 1 amide bonds. The van der Waals surface area contributed by atoms with Crippen molar-refractivity contribution in [3.05, 3.63) is 80.6 Å². The van der Waals surface area contributed by atoms with Crippen LogP contribution in [0.1, 0.15) is 11.1 Å². The first-order chi connectivity index (χ1) is 13.3. The van der Waals surface area contributed by atoms with Crippen LogP contribution in [0.15, 0.2) is 48.5 Å². The maximum absolute atomic E-state index is 13.2. The van der Waals surface area contributed by atoms with Gasteiger partial charge in [0.05, 0.1) is 4.92 Å². The molecule has 0 aromatic heterocycles. The van der Waals surface area contributed by atoms with Crippen LogP contribution in [-0.2, 0) is 20.9 Å². The third-order valence-electron chi connectivity index (χ3n) is 3.65. The highest BCUT2D eigenvalue weighted by Crippen LogP contribution is 2.25. The van der Waals surface area contributed by atoms with E-state index in [-0.39, 0.29) is 17.3 Å². The van der Waals surface area contributed by atoms with Crippen LogP contribution in [0.25, 0.3) is 6.08 Å². The second-order valence-corrected chi connectivity index (χ2v) is 6.20. The summed E-state index contributed by atoms with van der Waals surface area (Å²) >= 11 is 5.71. The molecule has 0 unspecified atom stereocenters. The number of carbonyl (C=O) groups excluding carboxylic acids is 2. The molecule has 2 aromatic rings. The molecule has 0 spiro atoms. The fourth-order valence-electron chi connectivity index (χ4n) is 2.23. The Kier molecular flexibility index (Phi) is 7.22. The van der Waals surface area contributed by atoms with Crippen molar-refractivity contribution >= 4 is 35.2 Å². The van der Waals surface area contributed by atoms with Crippen LogP contribution in [0.3, 0.4) is 0 Å². The summed E-state index contributed by atoms with van der Waals surface area (Å²) in [5.74, 6) is -1.66. The summed E-state index contributed by atoms with van der Waals surface area (Å²) in [6.07, 6.45) is 2.36. The predicted molar refractivity (Wildman–Crippen MR) is 101 cm³/mol. The zero-order chi connectivity index (χ0) is 20.7. The number of benzene rings is 2. The van der Waals surface area contributed by atoms with Gasteiger partial charge in [0.1, 0.15) is 10.8 Å². The van der Waals surface area contributed by atoms with Crippen LogP contribution in [0, 0.1) is 15.9 Å². The number of ether oxygens (including phenoxy) is 1. The van der Waals surface area contributed by atoms with Crippen LogP contribution in [-0.4, -0.2) is 35.4 Å². The summed E-state index contributed by atoms with van der Waals surface area (Å²) in [5, 5.41) is 10.8. The van der Waals surface area contributed by atoms with E-state index < -0.39 is 29.2 Å². The van der Waals surface area contributed by atoms with E-state index in [2.05, 4.69) is 0 Å². The number of esters is 1. The number of nitro groups is 1. The van der Waals surface area contributed by atoms with E-state index in [1.165, 1.54) is 54.4 Å². The van der Waals surface area contributed by atoms with E-state index >= 15 is 0 Å². The molecule has 0 saturated heterocycles. The van der Waals surface area contributed by atoms with Gasteiger partial charge in [-0.2, -0.15) is 0 Å². The van der Waals surface area contributed by atoms with Gasteiger partial charge in [-0.05, 0) is 35.4 Å². The molecular weight excluding hydrogens is 391 g/mol. The number of hydrogen-bond donors (Lipinski definition) is 0. The summed E-state index contributed by atoms with van der Waals surface area (Å²) in [6.45, 7) is -0.325. The molecule has 0 atom stereocenters. The number of hydrogen-bond acceptors (Lipinski definition) is 5. The number of nitrogens with zero attached hydrogens (tertiary/aromatic N) is 2. The van der Waals surface area contributed by atoms with E-state index in [0.29, 0.717) is 11.1 Å². The quantitative estimate of drug-likeness (QED) is 0.303. The van der Waals surface area contributed by atoms with Gasteiger partial charge >= 0.3 is 5.97 Å². The smallest absolute Gasteiger partial charge is 0.331 e. The van der Waals surface area contributed by atoms with Gasteiger partial charge in [0, 0.05) is 25.7 Å². The predicted octanol–water partition coefficient (Wildman–Crippen LogP) is 3.60. The normalized spacial score (nSPS) is 10.7. The number of carbonyl (C=O) groups is 2. The Morgan fingerprint density at radius 3 is 2.71 bits per heavy atom. The van der Waals surface area contributed by atoms with Crippen molar-refractivity contribution in [1.29, 1.82) is 0 Å². The summed E-state index contributed by atoms with van der Waals surface area (Å²) in [7, 11) is 1.50. The molecule has 0 N–H and O–H groups in total.